The van der Waals surface area contributed by atoms with E-state index in [-0.39, 0.29) is 10.7 Å². The van der Waals surface area contributed by atoms with Gasteiger partial charge in [-0.2, -0.15) is 0 Å². The van der Waals surface area contributed by atoms with Gasteiger partial charge in [0.1, 0.15) is 23.0 Å². The first-order valence-corrected chi connectivity index (χ1v) is 6.52. The minimum absolute atomic E-state index is 0.0511. The third kappa shape index (κ3) is 1.90. The summed E-state index contributed by atoms with van der Waals surface area (Å²) in [6.45, 7) is 0. The highest BCUT2D eigenvalue weighted by atomic mass is 32.1. The number of nitrogens with two attached hydrogens (primary N) is 1. The van der Waals surface area contributed by atoms with Crippen LogP contribution in [0.4, 0.5) is 10.1 Å². The van der Waals surface area contributed by atoms with E-state index in [9.17, 15) is 14.0 Å². The number of thiocarbonyl (C=S) groups is 1. The predicted molar refractivity (Wildman–Crippen MR) is 72.7 cm³/mol. The van der Waals surface area contributed by atoms with Crippen molar-refractivity contribution in [2.75, 3.05) is 4.90 Å². The zero-order chi connectivity index (χ0) is 14.4. The second kappa shape index (κ2) is 4.60. The highest BCUT2D eigenvalue weighted by Crippen LogP contribution is 2.33. The van der Waals surface area contributed by atoms with Crippen molar-refractivity contribution in [1.29, 1.82) is 0 Å². The monoisotopic (exact) mass is 294 g/mol. The molecule has 2 bridgehead atoms. The van der Waals surface area contributed by atoms with E-state index < -0.39 is 29.8 Å². The smallest absolute Gasteiger partial charge is 0.263 e. The molecule has 7 heteroatoms. The topological polar surface area (TPSA) is 72.6 Å². The van der Waals surface area contributed by atoms with Gasteiger partial charge in [-0.25, -0.2) is 9.29 Å². The summed E-state index contributed by atoms with van der Waals surface area (Å²) in [6.07, 6.45) is -0.351. The molecular formula is C13H11FN2O3S. The maximum atomic E-state index is 14.1. The van der Waals surface area contributed by atoms with Gasteiger partial charge in [-0.15, -0.1) is 0 Å². The lowest BCUT2D eigenvalue weighted by atomic mass is 10.1. The average Bonchev–Trinajstić information content (AvgIpc) is 2.85. The van der Waals surface area contributed by atoms with Crippen LogP contribution in [0.5, 0.6) is 0 Å². The summed E-state index contributed by atoms with van der Waals surface area (Å²) in [5, 5.41) is 0. The molecule has 0 aromatic heterocycles. The number of anilines is 1. The van der Waals surface area contributed by atoms with Gasteiger partial charge < -0.3 is 10.5 Å². The van der Waals surface area contributed by atoms with E-state index in [1.54, 1.807) is 0 Å². The molecule has 0 saturated carbocycles. The molecule has 0 aliphatic carbocycles. The number of amides is 2. The van der Waals surface area contributed by atoms with Gasteiger partial charge in [0.25, 0.3) is 11.8 Å². The second-order valence-electron chi connectivity index (χ2n) is 4.73. The molecule has 1 aromatic rings. The fourth-order valence-electron chi connectivity index (χ4n) is 2.48. The first kappa shape index (κ1) is 13.1. The molecule has 2 atom stereocenters. The Kier molecular flexibility index (Phi) is 3.02. The van der Waals surface area contributed by atoms with Crippen LogP contribution in [-0.2, 0) is 14.3 Å². The number of carbonyl (C=O) groups excluding carboxylic acids is 2. The van der Waals surface area contributed by atoms with Gasteiger partial charge in [-0.05, 0) is 31.0 Å². The summed E-state index contributed by atoms with van der Waals surface area (Å²) >= 11 is 4.76. The molecular weight excluding hydrogens is 283 g/mol. The van der Waals surface area contributed by atoms with E-state index >= 15 is 0 Å². The van der Waals surface area contributed by atoms with Gasteiger partial charge in [0.15, 0.2) is 0 Å². The van der Waals surface area contributed by atoms with Crippen LogP contribution in [0.25, 0.3) is 0 Å². The lowest BCUT2D eigenvalue weighted by molar-refractivity contribution is -0.146. The Hall–Kier alpha value is -1.86. The predicted octanol–water partition coefficient (Wildman–Crippen LogP) is 0.881. The van der Waals surface area contributed by atoms with Crippen molar-refractivity contribution in [3.05, 3.63) is 29.6 Å². The molecule has 2 unspecified atom stereocenters. The number of carbonyl (C=O) groups is 2. The Morgan fingerprint density at radius 3 is 2.40 bits per heavy atom. The number of fused-ring (bicyclic) bond motifs is 2. The largest absolute Gasteiger partial charge is 0.389 e. The molecule has 1 aromatic carbocycles. The van der Waals surface area contributed by atoms with Crippen LogP contribution in [0.15, 0.2) is 18.2 Å². The van der Waals surface area contributed by atoms with E-state index in [0.717, 1.165) is 11.0 Å². The first-order chi connectivity index (χ1) is 9.49. The van der Waals surface area contributed by atoms with Crippen molar-refractivity contribution >= 4 is 34.7 Å². The number of halogens is 1. The minimum Gasteiger partial charge on any atom is -0.389 e. The molecule has 104 valence electrons. The van der Waals surface area contributed by atoms with Crippen LogP contribution in [0.3, 0.4) is 0 Å². The normalized spacial score (nSPS) is 25.1. The van der Waals surface area contributed by atoms with Gasteiger partial charge in [-0.1, -0.05) is 12.2 Å². The third-order valence-corrected chi connectivity index (χ3v) is 3.72. The molecule has 2 aliphatic heterocycles. The molecule has 20 heavy (non-hydrogen) atoms. The van der Waals surface area contributed by atoms with Crippen molar-refractivity contribution in [3.8, 4) is 0 Å². The van der Waals surface area contributed by atoms with Crippen molar-refractivity contribution in [3.63, 3.8) is 0 Å². The summed E-state index contributed by atoms with van der Waals surface area (Å²) in [5.41, 5.74) is 5.68. The zero-order valence-electron chi connectivity index (χ0n) is 10.3. The summed E-state index contributed by atoms with van der Waals surface area (Å²) in [4.78, 5) is 25.2. The summed E-state index contributed by atoms with van der Waals surface area (Å²) in [7, 11) is 0. The minimum atomic E-state index is -0.710. The number of ether oxygens (including phenoxy) is 1. The van der Waals surface area contributed by atoms with Gasteiger partial charge in [0, 0.05) is 5.56 Å². The fourth-order valence-corrected chi connectivity index (χ4v) is 2.60. The summed E-state index contributed by atoms with van der Waals surface area (Å²) in [5.74, 6) is -1.75. The lowest BCUT2D eigenvalue weighted by Crippen LogP contribution is -2.52. The molecule has 2 aliphatic rings. The number of imide groups is 1. The molecule has 2 saturated heterocycles. The molecule has 0 spiro atoms. The van der Waals surface area contributed by atoms with Crippen LogP contribution in [0, 0.1) is 5.82 Å². The fraction of sp³-hybridized carbons (Fsp3) is 0.308. The lowest BCUT2D eigenvalue weighted by Gasteiger charge is -2.30. The Morgan fingerprint density at radius 2 is 1.90 bits per heavy atom. The van der Waals surface area contributed by atoms with Gasteiger partial charge in [0.2, 0.25) is 0 Å². The highest BCUT2D eigenvalue weighted by Gasteiger charge is 2.47. The Balaban J connectivity index is 2.02. The molecule has 2 fully saturated rings. The maximum absolute atomic E-state index is 14.1. The van der Waals surface area contributed by atoms with Crippen molar-refractivity contribution in [2.24, 2.45) is 5.73 Å². The van der Waals surface area contributed by atoms with Crippen molar-refractivity contribution in [2.45, 2.75) is 25.0 Å². The van der Waals surface area contributed by atoms with E-state index in [2.05, 4.69) is 0 Å². The average molecular weight is 294 g/mol. The molecule has 5 nitrogen and oxygen atoms in total. The van der Waals surface area contributed by atoms with Crippen LogP contribution in [0.1, 0.15) is 18.4 Å². The number of hydrogen-bond donors (Lipinski definition) is 1. The number of nitrogens with zero attached hydrogens (tertiary/aromatic N) is 1. The second-order valence-corrected chi connectivity index (χ2v) is 5.17. The maximum Gasteiger partial charge on any atom is 0.263 e. The molecule has 0 radical (unpaired) electrons. The van der Waals surface area contributed by atoms with Crippen molar-refractivity contribution < 1.29 is 18.7 Å². The Bertz CT molecular complexity index is 612. The van der Waals surface area contributed by atoms with E-state index in [1.165, 1.54) is 12.1 Å². The van der Waals surface area contributed by atoms with Gasteiger partial charge in [0.05, 0.1) is 5.69 Å². The molecule has 2 amide bonds. The van der Waals surface area contributed by atoms with E-state index in [1.807, 2.05) is 0 Å². The van der Waals surface area contributed by atoms with Crippen LogP contribution in [-0.4, -0.2) is 29.0 Å². The number of hydrogen-bond acceptors (Lipinski definition) is 4. The molecule has 2 heterocycles. The zero-order valence-corrected chi connectivity index (χ0v) is 11.2. The Morgan fingerprint density at radius 1 is 1.30 bits per heavy atom. The third-order valence-electron chi connectivity index (χ3n) is 3.48. The quantitative estimate of drug-likeness (QED) is 0.647. The standard InChI is InChI=1S/C13H11FN2O3S/c14-7-5-6(11(15)20)1-2-8(7)16-12(17)9-3-4-10(19-9)13(16)18/h1-2,5,9-10H,3-4H2,(H2,15,20). The van der Waals surface area contributed by atoms with Gasteiger partial charge >= 0.3 is 0 Å². The number of morpholine rings is 1. The first-order valence-electron chi connectivity index (χ1n) is 6.11. The highest BCUT2D eigenvalue weighted by molar-refractivity contribution is 7.80. The van der Waals surface area contributed by atoms with Crippen LogP contribution >= 0.6 is 12.2 Å². The SMILES string of the molecule is NC(=S)c1ccc(N2C(=O)C3CCC(O3)C2=O)c(F)c1. The Labute approximate surface area is 119 Å². The van der Waals surface area contributed by atoms with Gasteiger partial charge in [-0.3, -0.25) is 9.59 Å². The van der Waals surface area contributed by atoms with E-state index in [0.29, 0.717) is 18.4 Å². The molecule has 3 rings (SSSR count). The van der Waals surface area contributed by atoms with E-state index in [4.69, 9.17) is 22.7 Å². The van der Waals surface area contributed by atoms with Crippen LogP contribution in [0.2, 0.25) is 0 Å². The number of benzene rings is 1. The van der Waals surface area contributed by atoms with Crippen LogP contribution < -0.4 is 10.6 Å². The number of rotatable bonds is 2. The summed E-state index contributed by atoms with van der Waals surface area (Å²) in [6, 6.07) is 3.94. The van der Waals surface area contributed by atoms with Crippen molar-refractivity contribution in [1.82, 2.24) is 0 Å². The molecule has 2 N–H and O–H groups in total. The summed E-state index contributed by atoms with van der Waals surface area (Å²) < 4.78 is 19.4.